The topological polar surface area (TPSA) is 87.2 Å². The Morgan fingerprint density at radius 3 is 2.77 bits per heavy atom. The maximum absolute atomic E-state index is 12.2. The van der Waals surface area contributed by atoms with Crippen LogP contribution in [0.3, 0.4) is 0 Å². The third kappa shape index (κ3) is 2.46. The Labute approximate surface area is 129 Å². The number of halogens is 1. The van der Waals surface area contributed by atoms with E-state index in [9.17, 15) is 9.59 Å². The van der Waals surface area contributed by atoms with Gasteiger partial charge in [0.1, 0.15) is 17.8 Å². The molecule has 3 aromatic rings. The van der Waals surface area contributed by atoms with Gasteiger partial charge in [0.2, 0.25) is 0 Å². The molecule has 0 saturated carbocycles. The van der Waals surface area contributed by atoms with Crippen molar-refractivity contribution in [1.82, 2.24) is 14.7 Å². The molecule has 22 heavy (non-hydrogen) atoms. The van der Waals surface area contributed by atoms with Crippen molar-refractivity contribution < 1.29 is 14.1 Å². The number of hydrogen-bond acceptors (Lipinski definition) is 6. The summed E-state index contributed by atoms with van der Waals surface area (Å²) in [5.41, 5.74) is 0.975. The van der Waals surface area contributed by atoms with E-state index < -0.39 is 11.5 Å². The predicted molar refractivity (Wildman–Crippen MR) is 78.5 cm³/mol. The SMILES string of the molecule is COC(=O)Cn1cnc2c(-c3ccc(Cl)cc3)noc2c1=O. The number of fused-ring (bicyclic) bond motifs is 1. The van der Waals surface area contributed by atoms with Crippen LogP contribution in [-0.2, 0) is 16.1 Å². The fraction of sp³-hybridized carbons (Fsp3) is 0.143. The molecule has 0 fully saturated rings. The van der Waals surface area contributed by atoms with Gasteiger partial charge in [-0.2, -0.15) is 0 Å². The van der Waals surface area contributed by atoms with Crippen LogP contribution in [0.1, 0.15) is 0 Å². The minimum absolute atomic E-state index is 0.0173. The molecule has 2 heterocycles. The number of rotatable bonds is 3. The molecule has 0 radical (unpaired) electrons. The first-order chi connectivity index (χ1) is 10.6. The highest BCUT2D eigenvalue weighted by atomic mass is 35.5. The Morgan fingerprint density at radius 1 is 1.36 bits per heavy atom. The average Bonchev–Trinajstić information content (AvgIpc) is 2.95. The predicted octanol–water partition coefficient (Wildman–Crippen LogP) is 1.88. The molecule has 8 heteroatoms. The second kappa shape index (κ2) is 5.61. The highest BCUT2D eigenvalue weighted by Gasteiger charge is 2.17. The largest absolute Gasteiger partial charge is 0.468 e. The zero-order valence-corrected chi connectivity index (χ0v) is 12.2. The van der Waals surface area contributed by atoms with Crippen molar-refractivity contribution in [3.63, 3.8) is 0 Å². The number of methoxy groups -OCH3 is 1. The summed E-state index contributed by atoms with van der Waals surface area (Å²) >= 11 is 5.84. The normalized spacial score (nSPS) is 10.8. The molecule has 3 rings (SSSR count). The van der Waals surface area contributed by atoms with Crippen LogP contribution in [-0.4, -0.2) is 27.8 Å². The van der Waals surface area contributed by atoms with Gasteiger partial charge in [-0.25, -0.2) is 4.98 Å². The summed E-state index contributed by atoms with van der Waals surface area (Å²) in [6, 6.07) is 6.91. The van der Waals surface area contributed by atoms with E-state index in [1.807, 2.05) is 0 Å². The molecule has 0 N–H and O–H groups in total. The van der Waals surface area contributed by atoms with Crippen LogP contribution in [0, 0.1) is 0 Å². The summed E-state index contributed by atoms with van der Waals surface area (Å²) in [5, 5.41) is 4.47. The van der Waals surface area contributed by atoms with E-state index in [0.29, 0.717) is 16.2 Å². The maximum Gasteiger partial charge on any atom is 0.325 e. The zero-order valence-electron chi connectivity index (χ0n) is 11.4. The van der Waals surface area contributed by atoms with Gasteiger partial charge in [0.05, 0.1) is 13.4 Å². The molecular weight excluding hydrogens is 310 g/mol. The highest BCUT2D eigenvalue weighted by Crippen LogP contribution is 2.25. The summed E-state index contributed by atoms with van der Waals surface area (Å²) < 4.78 is 10.7. The van der Waals surface area contributed by atoms with E-state index in [2.05, 4.69) is 14.9 Å². The molecule has 112 valence electrons. The number of ether oxygens (including phenoxy) is 1. The molecule has 0 aliphatic heterocycles. The van der Waals surface area contributed by atoms with Crippen molar-refractivity contribution >= 4 is 28.7 Å². The van der Waals surface area contributed by atoms with Gasteiger partial charge in [-0.3, -0.25) is 14.2 Å². The lowest BCUT2D eigenvalue weighted by Crippen LogP contribution is -2.24. The van der Waals surface area contributed by atoms with Crippen LogP contribution in [0.4, 0.5) is 0 Å². The number of aromatic nitrogens is 3. The van der Waals surface area contributed by atoms with E-state index in [0.717, 1.165) is 10.1 Å². The second-order valence-corrected chi connectivity index (χ2v) is 4.91. The Morgan fingerprint density at radius 2 is 2.09 bits per heavy atom. The maximum atomic E-state index is 12.2. The van der Waals surface area contributed by atoms with Crippen molar-refractivity contribution in [3.05, 3.63) is 46.0 Å². The third-order valence-corrected chi connectivity index (χ3v) is 3.35. The Kier molecular flexibility index (Phi) is 3.64. The first-order valence-electron chi connectivity index (χ1n) is 6.27. The molecule has 0 bridgehead atoms. The van der Waals surface area contributed by atoms with Crippen LogP contribution in [0.25, 0.3) is 22.4 Å². The van der Waals surface area contributed by atoms with E-state index >= 15 is 0 Å². The van der Waals surface area contributed by atoms with Crippen LogP contribution in [0.5, 0.6) is 0 Å². The number of hydrogen-bond donors (Lipinski definition) is 0. The number of esters is 1. The fourth-order valence-corrected chi connectivity index (χ4v) is 2.10. The highest BCUT2D eigenvalue weighted by molar-refractivity contribution is 6.30. The van der Waals surface area contributed by atoms with Crippen LogP contribution in [0.2, 0.25) is 5.02 Å². The minimum atomic E-state index is -0.555. The van der Waals surface area contributed by atoms with Gasteiger partial charge in [-0.05, 0) is 12.1 Å². The number of carbonyl (C=O) groups is 1. The quantitative estimate of drug-likeness (QED) is 0.685. The number of carbonyl (C=O) groups excluding carboxylic acids is 1. The molecule has 2 aromatic heterocycles. The summed E-state index contributed by atoms with van der Waals surface area (Å²) in [6.45, 7) is -0.241. The molecule has 0 saturated heterocycles. The lowest BCUT2D eigenvalue weighted by atomic mass is 10.1. The van der Waals surface area contributed by atoms with E-state index in [4.69, 9.17) is 16.1 Å². The van der Waals surface area contributed by atoms with Crippen LogP contribution in [0.15, 0.2) is 39.9 Å². The Hall–Kier alpha value is -2.67. The molecule has 0 aliphatic carbocycles. The standard InChI is InChI=1S/C14H10ClN3O4/c1-21-10(19)6-18-7-16-12-11(17-22-13(12)14(18)20)8-2-4-9(15)5-3-8/h2-5,7H,6H2,1H3. The summed E-state index contributed by atoms with van der Waals surface area (Å²) in [5.74, 6) is -0.555. The van der Waals surface area contributed by atoms with Gasteiger partial charge in [0.25, 0.3) is 11.1 Å². The smallest absolute Gasteiger partial charge is 0.325 e. The van der Waals surface area contributed by atoms with Gasteiger partial charge in [0, 0.05) is 10.6 Å². The van der Waals surface area contributed by atoms with Crippen molar-refractivity contribution in [2.75, 3.05) is 7.11 Å². The van der Waals surface area contributed by atoms with Crippen molar-refractivity contribution in [2.45, 2.75) is 6.54 Å². The molecule has 0 spiro atoms. The molecule has 0 aliphatic rings. The van der Waals surface area contributed by atoms with E-state index in [1.165, 1.54) is 13.4 Å². The number of benzene rings is 1. The summed E-state index contributed by atoms with van der Waals surface area (Å²) in [4.78, 5) is 27.7. The van der Waals surface area contributed by atoms with Gasteiger partial charge in [0.15, 0.2) is 0 Å². The fourth-order valence-electron chi connectivity index (χ4n) is 1.97. The van der Waals surface area contributed by atoms with Gasteiger partial charge < -0.3 is 9.26 Å². The first-order valence-corrected chi connectivity index (χ1v) is 6.65. The van der Waals surface area contributed by atoms with Gasteiger partial charge >= 0.3 is 5.97 Å². The molecule has 1 aromatic carbocycles. The van der Waals surface area contributed by atoms with Crippen molar-refractivity contribution in [1.29, 1.82) is 0 Å². The van der Waals surface area contributed by atoms with Gasteiger partial charge in [-0.15, -0.1) is 0 Å². The lowest BCUT2D eigenvalue weighted by molar-refractivity contribution is -0.141. The monoisotopic (exact) mass is 319 g/mol. The Bertz CT molecular complexity index is 899. The molecule has 7 nitrogen and oxygen atoms in total. The van der Waals surface area contributed by atoms with Crippen LogP contribution >= 0.6 is 11.6 Å². The molecule has 0 unspecified atom stereocenters. The first kappa shape index (κ1) is 14.3. The molecule has 0 atom stereocenters. The molecular formula is C14H10ClN3O4. The Balaban J connectivity index is 2.09. The second-order valence-electron chi connectivity index (χ2n) is 4.47. The zero-order chi connectivity index (χ0) is 15.7. The lowest BCUT2D eigenvalue weighted by Gasteiger charge is -2.02. The van der Waals surface area contributed by atoms with E-state index in [-0.39, 0.29) is 12.1 Å². The van der Waals surface area contributed by atoms with E-state index in [1.54, 1.807) is 24.3 Å². The minimum Gasteiger partial charge on any atom is -0.468 e. The molecule has 0 amide bonds. The number of nitrogens with zero attached hydrogens (tertiary/aromatic N) is 3. The summed E-state index contributed by atoms with van der Waals surface area (Å²) in [6.07, 6.45) is 1.26. The average molecular weight is 320 g/mol. The van der Waals surface area contributed by atoms with Gasteiger partial charge in [-0.1, -0.05) is 28.9 Å². The third-order valence-electron chi connectivity index (χ3n) is 3.09. The van der Waals surface area contributed by atoms with Crippen LogP contribution < -0.4 is 5.56 Å². The van der Waals surface area contributed by atoms with Crippen molar-refractivity contribution in [3.8, 4) is 11.3 Å². The summed E-state index contributed by atoms with van der Waals surface area (Å²) in [7, 11) is 1.24. The van der Waals surface area contributed by atoms with Crippen molar-refractivity contribution in [2.24, 2.45) is 0 Å².